The molecule has 0 aliphatic rings. The van der Waals surface area contributed by atoms with Crippen molar-refractivity contribution in [2.45, 2.75) is 25.0 Å². The number of carbonyl (C=O) groups excluding carboxylic acids is 5. The second-order valence-electron chi connectivity index (χ2n) is 11.9. The van der Waals surface area contributed by atoms with Gasteiger partial charge in [-0.3, -0.25) is 23.9 Å². The summed E-state index contributed by atoms with van der Waals surface area (Å²) in [4.78, 5) is 66.4. The van der Waals surface area contributed by atoms with Crippen LogP contribution >= 0.6 is 11.9 Å². The molecule has 264 valence electrons. The molecule has 5 aromatic rings. The van der Waals surface area contributed by atoms with E-state index in [0.29, 0.717) is 28.8 Å². The van der Waals surface area contributed by atoms with E-state index in [1.165, 1.54) is 4.90 Å². The van der Waals surface area contributed by atoms with Crippen LogP contribution in [0.4, 0.5) is 15.3 Å². The summed E-state index contributed by atoms with van der Waals surface area (Å²) >= 11 is 0.595. The van der Waals surface area contributed by atoms with Gasteiger partial charge in [0.1, 0.15) is 6.04 Å². The number of likely N-dealkylation sites (N-methyl/N-ethyl adjacent to an activating group) is 1. The van der Waals surface area contributed by atoms with E-state index >= 15 is 0 Å². The van der Waals surface area contributed by atoms with Crippen molar-refractivity contribution < 1.29 is 24.0 Å². The van der Waals surface area contributed by atoms with Crippen LogP contribution < -0.4 is 26.4 Å². The van der Waals surface area contributed by atoms with Crippen LogP contribution in [0.2, 0.25) is 0 Å². The fraction of sp³-hybridized carbons (Fsp3) is 0.125. The zero-order valence-electron chi connectivity index (χ0n) is 28.3. The minimum Gasteiger partial charge on any atom is -0.352 e. The fourth-order valence-electron chi connectivity index (χ4n) is 5.50. The molecular formula is C40H38N6O5S. The predicted octanol–water partition coefficient (Wildman–Crippen LogP) is 6.11. The van der Waals surface area contributed by atoms with E-state index < -0.39 is 29.1 Å². The van der Waals surface area contributed by atoms with Crippen LogP contribution in [0.15, 0.2) is 140 Å². The first-order valence-electron chi connectivity index (χ1n) is 16.4. The Hall–Kier alpha value is -6.40. The number of amides is 6. The predicted molar refractivity (Wildman–Crippen MR) is 202 cm³/mol. The largest absolute Gasteiger partial charge is 0.352 e. The molecule has 52 heavy (non-hydrogen) atoms. The topological polar surface area (TPSA) is 163 Å². The summed E-state index contributed by atoms with van der Waals surface area (Å²) < 4.78 is 2.52. The van der Waals surface area contributed by atoms with E-state index in [4.69, 9.17) is 5.73 Å². The molecule has 0 radical (unpaired) electrons. The molecule has 0 bridgehead atoms. The molecule has 0 heterocycles. The molecule has 0 fully saturated rings. The lowest BCUT2D eigenvalue weighted by Crippen LogP contribution is -2.43. The standard InChI is InChI=1S/C40H38N6O5S/c1-46(26-28-22-20-27(21-23-28)25-42-39(41)50)38(49)35(44-37(48)34(29-12-5-2-6-13-29)30-14-7-3-8-15-30)32-18-11-19-33(24-32)43-40(51)52-45-36(47)31-16-9-4-10-17-31/h2-24,34-35H,25-26H2,1H3,(H,43,51)(H,44,48)(H,45,47)(H3,41,42,50). The number of nitrogens with two attached hydrogens (primary N) is 1. The van der Waals surface area contributed by atoms with Crippen molar-refractivity contribution in [3.05, 3.63) is 173 Å². The summed E-state index contributed by atoms with van der Waals surface area (Å²) in [6, 6.07) is 39.4. The molecule has 11 nitrogen and oxygen atoms in total. The molecule has 12 heteroatoms. The van der Waals surface area contributed by atoms with Crippen LogP contribution in [0, 0.1) is 0 Å². The lowest BCUT2D eigenvalue weighted by atomic mass is 9.90. The van der Waals surface area contributed by atoms with Crippen molar-refractivity contribution in [2.75, 3.05) is 12.4 Å². The van der Waals surface area contributed by atoms with Crippen molar-refractivity contribution in [1.29, 1.82) is 0 Å². The molecule has 0 aliphatic heterocycles. The Morgan fingerprint density at radius 2 is 1.25 bits per heavy atom. The first-order chi connectivity index (χ1) is 25.2. The average molecular weight is 715 g/mol. The van der Waals surface area contributed by atoms with Crippen molar-refractivity contribution in [2.24, 2.45) is 5.73 Å². The van der Waals surface area contributed by atoms with Crippen molar-refractivity contribution >= 4 is 46.6 Å². The van der Waals surface area contributed by atoms with Gasteiger partial charge in [0.25, 0.3) is 5.91 Å². The lowest BCUT2D eigenvalue weighted by molar-refractivity contribution is -0.136. The maximum Gasteiger partial charge on any atom is 0.312 e. The summed E-state index contributed by atoms with van der Waals surface area (Å²) in [5.74, 6) is -1.91. The molecule has 6 N–H and O–H groups in total. The second-order valence-corrected chi connectivity index (χ2v) is 12.6. The van der Waals surface area contributed by atoms with Crippen molar-refractivity contribution in [1.82, 2.24) is 20.3 Å². The number of hydrogen-bond donors (Lipinski definition) is 5. The van der Waals surface area contributed by atoms with Gasteiger partial charge in [-0.25, -0.2) is 4.79 Å². The zero-order valence-corrected chi connectivity index (χ0v) is 29.1. The van der Waals surface area contributed by atoms with Crippen LogP contribution in [0.5, 0.6) is 0 Å². The molecular weight excluding hydrogens is 677 g/mol. The second kappa shape index (κ2) is 18.0. The summed E-state index contributed by atoms with van der Waals surface area (Å²) in [5.41, 5.74) is 9.57. The Balaban J connectivity index is 1.38. The molecule has 0 saturated heterocycles. The van der Waals surface area contributed by atoms with Crippen LogP contribution in [-0.4, -0.2) is 40.9 Å². The molecule has 0 aliphatic carbocycles. The summed E-state index contributed by atoms with van der Waals surface area (Å²) in [6.45, 7) is 0.497. The van der Waals surface area contributed by atoms with Gasteiger partial charge in [0, 0.05) is 31.4 Å². The van der Waals surface area contributed by atoms with E-state index in [0.717, 1.165) is 22.3 Å². The maximum atomic E-state index is 14.3. The van der Waals surface area contributed by atoms with Crippen LogP contribution in [0.25, 0.3) is 0 Å². The van der Waals surface area contributed by atoms with Crippen molar-refractivity contribution in [3.8, 4) is 0 Å². The van der Waals surface area contributed by atoms with Crippen molar-refractivity contribution in [3.63, 3.8) is 0 Å². The average Bonchev–Trinajstić information content (AvgIpc) is 3.17. The van der Waals surface area contributed by atoms with E-state index in [9.17, 15) is 24.0 Å². The van der Waals surface area contributed by atoms with Gasteiger partial charge >= 0.3 is 11.3 Å². The third-order valence-electron chi connectivity index (χ3n) is 8.09. The van der Waals surface area contributed by atoms with E-state index in [-0.39, 0.29) is 24.9 Å². The van der Waals surface area contributed by atoms with E-state index in [1.807, 2.05) is 84.9 Å². The number of hydrogen-bond acceptors (Lipinski definition) is 6. The van der Waals surface area contributed by atoms with Gasteiger partial charge in [-0.05, 0) is 52.1 Å². The van der Waals surface area contributed by atoms with Crippen LogP contribution in [-0.2, 0) is 22.7 Å². The number of anilines is 1. The fourth-order valence-corrected chi connectivity index (χ4v) is 5.98. The molecule has 0 spiro atoms. The molecule has 6 amide bonds. The molecule has 0 saturated carbocycles. The monoisotopic (exact) mass is 714 g/mol. The highest BCUT2D eigenvalue weighted by Crippen LogP contribution is 2.28. The number of carbonyl (C=O) groups is 5. The smallest absolute Gasteiger partial charge is 0.312 e. The zero-order chi connectivity index (χ0) is 36.9. The number of benzene rings is 5. The first-order valence-corrected chi connectivity index (χ1v) is 17.2. The highest BCUT2D eigenvalue weighted by atomic mass is 32.2. The van der Waals surface area contributed by atoms with Gasteiger partial charge in [0.2, 0.25) is 11.8 Å². The Labute approximate surface area is 306 Å². The van der Waals surface area contributed by atoms with Crippen LogP contribution in [0.3, 0.4) is 0 Å². The highest BCUT2D eigenvalue weighted by molar-refractivity contribution is 8.12. The summed E-state index contributed by atoms with van der Waals surface area (Å²) in [5, 5.41) is 7.75. The Morgan fingerprint density at radius 1 is 0.692 bits per heavy atom. The normalized spacial score (nSPS) is 11.2. The minimum atomic E-state index is -1.13. The number of nitrogens with zero attached hydrogens (tertiary/aromatic N) is 1. The molecule has 1 unspecified atom stereocenters. The molecule has 1 atom stereocenters. The summed E-state index contributed by atoms with van der Waals surface area (Å²) in [7, 11) is 1.65. The molecule has 5 aromatic carbocycles. The minimum absolute atomic E-state index is 0.226. The highest BCUT2D eigenvalue weighted by Gasteiger charge is 2.31. The van der Waals surface area contributed by atoms with Crippen LogP contribution in [0.1, 0.15) is 50.1 Å². The van der Waals surface area contributed by atoms with Gasteiger partial charge < -0.3 is 26.6 Å². The number of urea groups is 1. The molecule has 5 rings (SSSR count). The third-order valence-corrected chi connectivity index (χ3v) is 8.66. The lowest BCUT2D eigenvalue weighted by Gasteiger charge is -2.27. The SMILES string of the molecule is CN(Cc1ccc(CNC(N)=O)cc1)C(=O)C(NC(=O)C(c1ccccc1)c1ccccc1)c1cccc(NC(=O)SNC(=O)c2ccccc2)c1. The number of rotatable bonds is 12. The summed E-state index contributed by atoms with van der Waals surface area (Å²) in [6.07, 6.45) is 0. The number of primary amides is 1. The van der Waals surface area contributed by atoms with Gasteiger partial charge in [-0.15, -0.1) is 0 Å². The van der Waals surface area contributed by atoms with E-state index in [1.54, 1.807) is 61.6 Å². The van der Waals surface area contributed by atoms with Gasteiger partial charge in [0.15, 0.2) is 0 Å². The Bertz CT molecular complexity index is 1960. The maximum absolute atomic E-state index is 14.3. The third kappa shape index (κ3) is 10.3. The van der Waals surface area contributed by atoms with Gasteiger partial charge in [-0.1, -0.05) is 115 Å². The van der Waals surface area contributed by atoms with Gasteiger partial charge in [-0.2, -0.15) is 0 Å². The molecule has 0 aromatic heterocycles. The Morgan fingerprint density at radius 3 is 1.85 bits per heavy atom. The quantitative estimate of drug-likeness (QED) is 0.0980. The first kappa shape index (κ1) is 36.9. The Kier molecular flexibility index (Phi) is 12.8. The number of nitrogens with one attached hydrogen (secondary N) is 4. The van der Waals surface area contributed by atoms with Gasteiger partial charge in [0.05, 0.1) is 17.9 Å². The van der Waals surface area contributed by atoms with E-state index in [2.05, 4.69) is 20.7 Å².